The monoisotopic (exact) mass is 190 g/mol. The van der Waals surface area contributed by atoms with Crippen LogP contribution in [0.15, 0.2) is 41.2 Å². The van der Waals surface area contributed by atoms with Crippen LogP contribution >= 0.6 is 0 Å². The minimum absolute atomic E-state index is 0.240. The Morgan fingerprint density at radius 3 is 2.36 bits per heavy atom. The van der Waals surface area contributed by atoms with Crippen LogP contribution < -0.4 is 5.56 Å². The van der Waals surface area contributed by atoms with Gasteiger partial charge in [0.05, 0.1) is 11.4 Å². The van der Waals surface area contributed by atoms with Gasteiger partial charge in [0, 0.05) is 6.07 Å². The highest BCUT2D eigenvalue weighted by molar-refractivity contribution is 5.30. The van der Waals surface area contributed by atoms with E-state index in [1.165, 1.54) is 10.7 Å². The van der Waals surface area contributed by atoms with E-state index in [0.717, 1.165) is 4.85 Å². The number of nitrogens with zero attached hydrogens (tertiary/aromatic N) is 2. The molecule has 0 bridgehead atoms. The van der Waals surface area contributed by atoms with Crippen molar-refractivity contribution in [2.45, 2.75) is 6.92 Å². The van der Waals surface area contributed by atoms with Crippen molar-refractivity contribution >= 4 is 0 Å². The second kappa shape index (κ2) is 3.06. The smallest absolute Gasteiger partial charge is 0.274 e. The SMILES string of the molecule is Cc1cc(=O)n(-c2ccccc2)n1O. The molecule has 1 heterocycles. The molecule has 72 valence electrons. The average Bonchev–Trinajstić information content (AvgIpc) is 2.43. The summed E-state index contributed by atoms with van der Waals surface area (Å²) in [4.78, 5) is 12.3. The van der Waals surface area contributed by atoms with E-state index in [4.69, 9.17) is 0 Å². The van der Waals surface area contributed by atoms with Gasteiger partial charge in [-0.2, -0.15) is 4.68 Å². The summed E-state index contributed by atoms with van der Waals surface area (Å²) in [5.74, 6) is 0. The maximum atomic E-state index is 11.4. The van der Waals surface area contributed by atoms with Gasteiger partial charge in [-0.05, 0) is 19.1 Å². The largest absolute Gasteiger partial charge is 0.412 e. The van der Waals surface area contributed by atoms with Crippen molar-refractivity contribution in [1.82, 2.24) is 9.53 Å². The fourth-order valence-corrected chi connectivity index (χ4v) is 1.35. The molecule has 0 fully saturated rings. The Bertz CT molecular complexity index is 497. The number of hydrogen-bond donors (Lipinski definition) is 1. The summed E-state index contributed by atoms with van der Waals surface area (Å²) in [6, 6.07) is 10.4. The van der Waals surface area contributed by atoms with E-state index < -0.39 is 0 Å². The Morgan fingerprint density at radius 1 is 1.21 bits per heavy atom. The van der Waals surface area contributed by atoms with E-state index in [0.29, 0.717) is 11.4 Å². The lowest BCUT2D eigenvalue weighted by molar-refractivity contribution is 0.121. The second-order valence-electron chi connectivity index (χ2n) is 3.06. The molecule has 0 spiro atoms. The van der Waals surface area contributed by atoms with E-state index >= 15 is 0 Å². The normalized spacial score (nSPS) is 10.4. The van der Waals surface area contributed by atoms with Crippen molar-refractivity contribution in [3.63, 3.8) is 0 Å². The second-order valence-corrected chi connectivity index (χ2v) is 3.06. The molecule has 0 saturated heterocycles. The van der Waals surface area contributed by atoms with Crippen LogP contribution in [0.25, 0.3) is 5.69 Å². The van der Waals surface area contributed by atoms with Gasteiger partial charge < -0.3 is 5.21 Å². The molecule has 0 atom stereocenters. The average molecular weight is 190 g/mol. The molecule has 0 aliphatic heterocycles. The maximum Gasteiger partial charge on any atom is 0.274 e. The van der Waals surface area contributed by atoms with E-state index in [2.05, 4.69) is 0 Å². The standard InChI is InChI=1S/C10H10N2O2/c1-8-7-10(13)11(12(8)14)9-5-3-2-4-6-9/h2-7,14H,1H3. The highest BCUT2D eigenvalue weighted by Crippen LogP contribution is 2.04. The number of hydrogen-bond acceptors (Lipinski definition) is 2. The predicted molar refractivity (Wildman–Crippen MR) is 52.0 cm³/mol. The predicted octanol–water partition coefficient (Wildman–Crippen LogP) is 1.18. The van der Waals surface area contributed by atoms with E-state index in [1.54, 1.807) is 19.1 Å². The Labute approximate surface area is 80.6 Å². The van der Waals surface area contributed by atoms with E-state index in [9.17, 15) is 10.0 Å². The number of benzene rings is 1. The summed E-state index contributed by atoms with van der Waals surface area (Å²) in [5.41, 5.74) is 0.920. The number of aryl methyl sites for hydroxylation is 1. The molecule has 4 heteroatoms. The van der Waals surface area contributed by atoms with Gasteiger partial charge in [-0.25, -0.2) is 0 Å². The molecule has 2 aromatic rings. The molecule has 0 aliphatic carbocycles. The summed E-state index contributed by atoms with van der Waals surface area (Å²) in [5, 5.41) is 9.55. The van der Waals surface area contributed by atoms with Gasteiger partial charge in [0.2, 0.25) is 0 Å². The first-order valence-corrected chi connectivity index (χ1v) is 4.26. The van der Waals surface area contributed by atoms with Crippen molar-refractivity contribution in [2.75, 3.05) is 0 Å². The lowest BCUT2D eigenvalue weighted by Gasteiger charge is -2.05. The van der Waals surface area contributed by atoms with Gasteiger partial charge in [0.25, 0.3) is 5.56 Å². The minimum atomic E-state index is -0.240. The van der Waals surface area contributed by atoms with Crippen LogP contribution in [0.1, 0.15) is 5.69 Å². The zero-order chi connectivity index (χ0) is 10.1. The Balaban J connectivity index is 2.69. The first kappa shape index (κ1) is 8.62. The molecule has 0 amide bonds. The summed E-state index contributed by atoms with van der Waals surface area (Å²) in [6.07, 6.45) is 0. The maximum absolute atomic E-state index is 11.4. The molecular formula is C10H10N2O2. The fourth-order valence-electron chi connectivity index (χ4n) is 1.35. The van der Waals surface area contributed by atoms with Crippen molar-refractivity contribution in [3.8, 4) is 5.69 Å². The molecule has 0 aliphatic rings. The third kappa shape index (κ3) is 1.21. The van der Waals surface area contributed by atoms with E-state index in [-0.39, 0.29) is 5.56 Å². The summed E-state index contributed by atoms with van der Waals surface area (Å²) in [6.45, 7) is 1.67. The van der Waals surface area contributed by atoms with Crippen LogP contribution in [0, 0.1) is 6.92 Å². The number of para-hydroxylation sites is 1. The molecule has 0 saturated carbocycles. The van der Waals surface area contributed by atoms with Crippen molar-refractivity contribution in [1.29, 1.82) is 0 Å². The van der Waals surface area contributed by atoms with Crippen molar-refractivity contribution < 1.29 is 5.21 Å². The minimum Gasteiger partial charge on any atom is -0.412 e. The molecule has 2 rings (SSSR count). The third-order valence-electron chi connectivity index (χ3n) is 2.05. The number of rotatable bonds is 1. The van der Waals surface area contributed by atoms with Crippen molar-refractivity contribution in [2.24, 2.45) is 0 Å². The number of aromatic nitrogens is 2. The molecular weight excluding hydrogens is 180 g/mol. The van der Waals surface area contributed by atoms with Gasteiger partial charge in [0.1, 0.15) is 0 Å². The van der Waals surface area contributed by atoms with Crippen molar-refractivity contribution in [3.05, 3.63) is 52.4 Å². The topological polar surface area (TPSA) is 47.2 Å². The van der Waals surface area contributed by atoms with Crippen LogP contribution in [-0.2, 0) is 0 Å². The van der Waals surface area contributed by atoms with Crippen LogP contribution in [0.3, 0.4) is 0 Å². The first-order valence-electron chi connectivity index (χ1n) is 4.26. The van der Waals surface area contributed by atoms with Crippen LogP contribution in [0.5, 0.6) is 0 Å². The third-order valence-corrected chi connectivity index (χ3v) is 2.05. The Morgan fingerprint density at radius 2 is 1.86 bits per heavy atom. The van der Waals surface area contributed by atoms with Gasteiger partial charge in [0.15, 0.2) is 0 Å². The van der Waals surface area contributed by atoms with Gasteiger partial charge in [-0.1, -0.05) is 18.2 Å². The highest BCUT2D eigenvalue weighted by Gasteiger charge is 2.07. The Hall–Kier alpha value is -1.97. The zero-order valence-corrected chi connectivity index (χ0v) is 7.71. The van der Waals surface area contributed by atoms with Crippen LogP contribution in [0.2, 0.25) is 0 Å². The first-order chi connectivity index (χ1) is 6.70. The zero-order valence-electron chi connectivity index (χ0n) is 7.71. The highest BCUT2D eigenvalue weighted by atomic mass is 16.5. The van der Waals surface area contributed by atoms with Crippen LogP contribution in [-0.4, -0.2) is 14.7 Å². The lowest BCUT2D eigenvalue weighted by atomic mass is 10.3. The molecule has 0 radical (unpaired) electrons. The fraction of sp³-hybridized carbons (Fsp3) is 0.100. The molecule has 1 aromatic carbocycles. The summed E-state index contributed by atoms with van der Waals surface area (Å²) < 4.78 is 1.20. The van der Waals surface area contributed by atoms with Gasteiger partial charge in [-0.15, -0.1) is 4.85 Å². The molecule has 1 N–H and O–H groups in total. The summed E-state index contributed by atoms with van der Waals surface area (Å²) in [7, 11) is 0. The molecule has 1 aromatic heterocycles. The lowest BCUT2D eigenvalue weighted by Crippen LogP contribution is -2.19. The van der Waals surface area contributed by atoms with E-state index in [1.807, 2.05) is 18.2 Å². The quantitative estimate of drug-likeness (QED) is 0.686. The molecule has 4 nitrogen and oxygen atoms in total. The van der Waals surface area contributed by atoms with Crippen LogP contribution in [0.4, 0.5) is 0 Å². The molecule has 0 unspecified atom stereocenters. The van der Waals surface area contributed by atoms with Gasteiger partial charge in [-0.3, -0.25) is 4.79 Å². The van der Waals surface area contributed by atoms with Gasteiger partial charge >= 0.3 is 0 Å². The molecule has 14 heavy (non-hydrogen) atoms. The Kier molecular flexibility index (Phi) is 1.89. The summed E-state index contributed by atoms with van der Waals surface area (Å²) >= 11 is 0.